The molecule has 0 bridgehead atoms. The molecule has 4 heteroatoms. The van der Waals surface area contributed by atoms with Crippen LogP contribution < -0.4 is 5.32 Å². The highest BCUT2D eigenvalue weighted by atomic mass is 32.2. The Morgan fingerprint density at radius 3 is 2.60 bits per heavy atom. The van der Waals surface area contributed by atoms with Crippen molar-refractivity contribution in [2.45, 2.75) is 43.8 Å². The van der Waals surface area contributed by atoms with E-state index in [-0.39, 0.29) is 0 Å². The molecule has 0 unspecified atom stereocenters. The maximum absolute atomic E-state index is 4.44. The zero-order valence-electron chi connectivity index (χ0n) is 12.3. The Morgan fingerprint density at radius 2 is 1.90 bits per heavy atom. The van der Waals surface area contributed by atoms with Gasteiger partial charge in [0.05, 0.1) is 0 Å². The first-order chi connectivity index (χ1) is 9.69. The van der Waals surface area contributed by atoms with Gasteiger partial charge in [0.1, 0.15) is 0 Å². The summed E-state index contributed by atoms with van der Waals surface area (Å²) in [7, 11) is 0. The molecule has 2 aromatic rings. The highest BCUT2D eigenvalue weighted by Gasteiger charge is 2.04. The van der Waals surface area contributed by atoms with Crippen molar-refractivity contribution in [3.63, 3.8) is 0 Å². The van der Waals surface area contributed by atoms with Crippen LogP contribution in [-0.4, -0.2) is 16.5 Å². The summed E-state index contributed by atoms with van der Waals surface area (Å²) in [5.74, 6) is 0. The Hall–Kier alpha value is -1.39. The molecule has 0 radical (unpaired) electrons. The van der Waals surface area contributed by atoms with Crippen LogP contribution in [0.2, 0.25) is 0 Å². The lowest BCUT2D eigenvalue weighted by molar-refractivity contribution is 0.669. The molecule has 0 aliphatic heterocycles. The van der Waals surface area contributed by atoms with Gasteiger partial charge in [0.25, 0.3) is 0 Å². The van der Waals surface area contributed by atoms with Gasteiger partial charge >= 0.3 is 0 Å². The van der Waals surface area contributed by atoms with Crippen LogP contribution in [0, 0.1) is 13.8 Å². The van der Waals surface area contributed by atoms with Crippen molar-refractivity contribution >= 4 is 11.8 Å². The molecule has 106 valence electrons. The fraction of sp³-hybridized carbons (Fsp3) is 0.375. The largest absolute Gasteiger partial charge is 0.313 e. The van der Waals surface area contributed by atoms with Crippen LogP contribution in [0.25, 0.3) is 0 Å². The second kappa shape index (κ2) is 7.41. The third-order valence-corrected chi connectivity index (χ3v) is 4.04. The van der Waals surface area contributed by atoms with Gasteiger partial charge in [-0.15, -0.1) is 0 Å². The summed E-state index contributed by atoms with van der Waals surface area (Å²) in [4.78, 5) is 10.1. The summed E-state index contributed by atoms with van der Waals surface area (Å²) in [5, 5.41) is 4.15. The molecule has 0 amide bonds. The molecule has 0 atom stereocenters. The normalized spacial score (nSPS) is 10.8. The predicted molar refractivity (Wildman–Crippen MR) is 84.1 cm³/mol. The van der Waals surface area contributed by atoms with Crippen molar-refractivity contribution in [1.82, 2.24) is 15.3 Å². The third-order valence-electron chi connectivity index (χ3n) is 2.98. The fourth-order valence-corrected chi connectivity index (χ4v) is 2.69. The third kappa shape index (κ3) is 4.32. The molecular formula is C16H21N3S. The standard InChI is InChI=1S/C16H21N3S/c1-4-7-17-9-14-10-18-16(19-11-14)20-15-8-12(2)5-6-13(15)3/h5-6,8,10-11,17H,4,7,9H2,1-3H3. The minimum absolute atomic E-state index is 0.804. The van der Waals surface area contributed by atoms with E-state index >= 15 is 0 Å². The number of aromatic nitrogens is 2. The van der Waals surface area contributed by atoms with Crippen molar-refractivity contribution in [3.05, 3.63) is 47.3 Å². The predicted octanol–water partition coefficient (Wildman–Crippen LogP) is 3.74. The number of aryl methyl sites for hydroxylation is 2. The zero-order chi connectivity index (χ0) is 14.4. The van der Waals surface area contributed by atoms with Gasteiger partial charge in [-0.25, -0.2) is 9.97 Å². The number of nitrogens with zero attached hydrogens (tertiary/aromatic N) is 2. The first kappa shape index (κ1) is 15.0. The molecule has 2 rings (SSSR count). The van der Waals surface area contributed by atoms with Gasteiger partial charge < -0.3 is 5.32 Å². The topological polar surface area (TPSA) is 37.8 Å². The van der Waals surface area contributed by atoms with Gasteiger partial charge in [-0.05, 0) is 55.8 Å². The van der Waals surface area contributed by atoms with Crippen molar-refractivity contribution < 1.29 is 0 Å². The van der Waals surface area contributed by atoms with E-state index in [1.165, 1.54) is 16.0 Å². The van der Waals surface area contributed by atoms with Crippen LogP contribution in [0.1, 0.15) is 30.0 Å². The van der Waals surface area contributed by atoms with Crippen LogP contribution >= 0.6 is 11.8 Å². The van der Waals surface area contributed by atoms with Gasteiger partial charge in [0, 0.05) is 29.4 Å². The minimum atomic E-state index is 0.804. The lowest BCUT2D eigenvalue weighted by atomic mass is 10.2. The van der Waals surface area contributed by atoms with E-state index in [1.54, 1.807) is 11.8 Å². The van der Waals surface area contributed by atoms with E-state index < -0.39 is 0 Å². The average Bonchev–Trinajstić information content (AvgIpc) is 2.45. The van der Waals surface area contributed by atoms with Crippen molar-refractivity contribution in [2.75, 3.05) is 6.54 Å². The number of nitrogens with one attached hydrogen (secondary N) is 1. The molecule has 20 heavy (non-hydrogen) atoms. The second-order valence-electron chi connectivity index (χ2n) is 4.92. The van der Waals surface area contributed by atoms with Crippen LogP contribution in [0.3, 0.4) is 0 Å². The zero-order valence-corrected chi connectivity index (χ0v) is 13.1. The highest BCUT2D eigenvalue weighted by Crippen LogP contribution is 2.28. The van der Waals surface area contributed by atoms with Crippen molar-refractivity contribution in [3.8, 4) is 0 Å². The first-order valence-electron chi connectivity index (χ1n) is 6.96. The molecular weight excluding hydrogens is 266 g/mol. The van der Waals surface area contributed by atoms with Gasteiger partial charge in [-0.2, -0.15) is 0 Å². The molecule has 0 saturated heterocycles. The number of benzene rings is 1. The Labute approximate surface area is 125 Å². The molecule has 1 N–H and O–H groups in total. The molecule has 0 aliphatic carbocycles. The monoisotopic (exact) mass is 287 g/mol. The quantitative estimate of drug-likeness (QED) is 0.648. The van der Waals surface area contributed by atoms with Gasteiger partial charge in [0.2, 0.25) is 0 Å². The van der Waals surface area contributed by atoms with Crippen LogP contribution in [0.4, 0.5) is 0 Å². The summed E-state index contributed by atoms with van der Waals surface area (Å²) in [6, 6.07) is 6.45. The molecule has 0 spiro atoms. The SMILES string of the molecule is CCCNCc1cnc(Sc2cc(C)ccc2C)nc1. The Morgan fingerprint density at radius 1 is 1.15 bits per heavy atom. The van der Waals surface area contributed by atoms with Gasteiger partial charge in [0.15, 0.2) is 5.16 Å². The molecule has 1 heterocycles. The van der Waals surface area contributed by atoms with E-state index in [0.29, 0.717) is 0 Å². The first-order valence-corrected chi connectivity index (χ1v) is 7.77. The van der Waals surface area contributed by atoms with E-state index in [2.05, 4.69) is 54.3 Å². The Kier molecular flexibility index (Phi) is 5.56. The number of rotatable bonds is 6. The summed E-state index contributed by atoms with van der Waals surface area (Å²) < 4.78 is 0. The molecule has 0 aliphatic rings. The number of hydrogen-bond donors (Lipinski definition) is 1. The van der Waals surface area contributed by atoms with Crippen LogP contribution in [0.15, 0.2) is 40.6 Å². The van der Waals surface area contributed by atoms with Crippen LogP contribution in [0.5, 0.6) is 0 Å². The minimum Gasteiger partial charge on any atom is -0.313 e. The highest BCUT2D eigenvalue weighted by molar-refractivity contribution is 7.99. The molecule has 1 aromatic heterocycles. The van der Waals surface area contributed by atoms with E-state index in [9.17, 15) is 0 Å². The van der Waals surface area contributed by atoms with E-state index in [4.69, 9.17) is 0 Å². The van der Waals surface area contributed by atoms with Crippen molar-refractivity contribution in [1.29, 1.82) is 0 Å². The number of hydrogen-bond acceptors (Lipinski definition) is 4. The van der Waals surface area contributed by atoms with Gasteiger partial charge in [-0.1, -0.05) is 19.1 Å². The maximum atomic E-state index is 4.44. The molecule has 1 aromatic carbocycles. The van der Waals surface area contributed by atoms with Crippen LogP contribution in [-0.2, 0) is 6.54 Å². The van der Waals surface area contributed by atoms with Gasteiger partial charge in [-0.3, -0.25) is 0 Å². The lowest BCUT2D eigenvalue weighted by Crippen LogP contribution is -2.14. The smallest absolute Gasteiger partial charge is 0.192 e. The summed E-state index contributed by atoms with van der Waals surface area (Å²) >= 11 is 1.62. The Bertz CT molecular complexity index is 552. The lowest BCUT2D eigenvalue weighted by Gasteiger charge is -2.06. The summed E-state index contributed by atoms with van der Waals surface area (Å²) in [6.45, 7) is 8.24. The Balaban J connectivity index is 2.01. The molecule has 0 saturated carbocycles. The van der Waals surface area contributed by atoms with Crippen molar-refractivity contribution in [2.24, 2.45) is 0 Å². The van der Waals surface area contributed by atoms with E-state index in [0.717, 1.165) is 30.2 Å². The fourth-order valence-electron chi connectivity index (χ4n) is 1.81. The molecule has 3 nitrogen and oxygen atoms in total. The summed E-state index contributed by atoms with van der Waals surface area (Å²) in [5.41, 5.74) is 3.65. The van der Waals surface area contributed by atoms with E-state index in [1.807, 2.05) is 12.4 Å². The second-order valence-corrected chi connectivity index (χ2v) is 5.93. The average molecular weight is 287 g/mol. The maximum Gasteiger partial charge on any atom is 0.192 e. The molecule has 0 fully saturated rings. The summed E-state index contributed by atoms with van der Waals surface area (Å²) in [6.07, 6.45) is 4.95.